The minimum atomic E-state index is -0.851. The van der Waals surface area contributed by atoms with Gasteiger partial charge in [-0.3, -0.25) is 14.2 Å². The van der Waals surface area contributed by atoms with Crippen LogP contribution in [0.25, 0.3) is 11.1 Å². The molecule has 2 aromatic carbocycles. The van der Waals surface area contributed by atoms with Crippen molar-refractivity contribution in [3.63, 3.8) is 0 Å². The van der Waals surface area contributed by atoms with Crippen LogP contribution in [0.4, 0.5) is 10.6 Å². The normalized spacial score (nSPS) is 18.2. The van der Waals surface area contributed by atoms with E-state index in [1.165, 1.54) is 28.7 Å². The van der Waals surface area contributed by atoms with Crippen molar-refractivity contribution in [2.75, 3.05) is 32.1 Å². The van der Waals surface area contributed by atoms with E-state index in [1.54, 1.807) is 7.05 Å². The van der Waals surface area contributed by atoms with Gasteiger partial charge < -0.3 is 34.3 Å². The molecule has 3 atom stereocenters. The molecular formula is C34H38N4O9. The molecule has 2 aliphatic rings. The number of fused-ring (bicyclic) bond motifs is 3. The quantitative estimate of drug-likeness (QED) is 0.263. The van der Waals surface area contributed by atoms with Crippen LogP contribution in [0.15, 0.2) is 65.6 Å². The molecule has 2 amide bonds. The molecule has 1 saturated heterocycles. The zero-order valence-corrected chi connectivity index (χ0v) is 26.3. The number of esters is 1. The molecule has 1 aromatic heterocycles. The summed E-state index contributed by atoms with van der Waals surface area (Å²) in [7, 11) is 1.61. The zero-order chi connectivity index (χ0) is 33.5. The van der Waals surface area contributed by atoms with Gasteiger partial charge >= 0.3 is 17.8 Å². The highest BCUT2D eigenvalue weighted by molar-refractivity contribution is 5.89. The number of aliphatic hydroxyl groups excluding tert-OH is 1. The number of nitrogens with zero attached hydrogens (tertiary/aromatic N) is 3. The van der Waals surface area contributed by atoms with Crippen molar-refractivity contribution in [3.05, 3.63) is 82.4 Å². The summed E-state index contributed by atoms with van der Waals surface area (Å²) in [6.45, 7) is 1.42. The number of aromatic nitrogens is 2. The Morgan fingerprint density at radius 2 is 1.70 bits per heavy atom. The lowest BCUT2D eigenvalue weighted by molar-refractivity contribution is -0.153. The van der Waals surface area contributed by atoms with Crippen molar-refractivity contribution in [3.8, 4) is 11.1 Å². The van der Waals surface area contributed by atoms with Gasteiger partial charge in [-0.25, -0.2) is 9.59 Å². The van der Waals surface area contributed by atoms with Crippen LogP contribution >= 0.6 is 0 Å². The van der Waals surface area contributed by atoms with E-state index in [4.69, 9.17) is 14.2 Å². The van der Waals surface area contributed by atoms with Crippen molar-refractivity contribution in [2.24, 2.45) is 0 Å². The molecule has 5 rings (SSSR count). The van der Waals surface area contributed by atoms with Crippen LogP contribution < -0.4 is 11.0 Å². The fourth-order valence-corrected chi connectivity index (χ4v) is 5.84. The summed E-state index contributed by atoms with van der Waals surface area (Å²) in [5, 5.41) is 12.3. The molecule has 3 aromatic rings. The van der Waals surface area contributed by atoms with Crippen molar-refractivity contribution in [1.82, 2.24) is 14.5 Å². The Morgan fingerprint density at radius 1 is 1.02 bits per heavy atom. The molecule has 248 valence electrons. The lowest BCUT2D eigenvalue weighted by Crippen LogP contribution is -2.30. The van der Waals surface area contributed by atoms with E-state index in [0.717, 1.165) is 22.3 Å². The number of nitrogens with one attached hydrogen (secondary N) is 1. The number of rotatable bonds is 13. The van der Waals surface area contributed by atoms with Crippen molar-refractivity contribution >= 4 is 29.6 Å². The fourth-order valence-electron chi connectivity index (χ4n) is 5.84. The van der Waals surface area contributed by atoms with E-state index in [0.29, 0.717) is 6.42 Å². The predicted octanol–water partition coefficient (Wildman–Crippen LogP) is 3.40. The first kappa shape index (κ1) is 33.5. The minimum Gasteiger partial charge on any atom is -0.459 e. The number of Topliss-reactive ketones (excluding diaryl/α,β-unsaturated/α-hetero) is 1. The number of hydrogen-bond acceptors (Lipinski definition) is 10. The van der Waals surface area contributed by atoms with E-state index in [1.807, 2.05) is 24.3 Å². The first-order valence-corrected chi connectivity index (χ1v) is 15.5. The average Bonchev–Trinajstić information content (AvgIpc) is 3.60. The average molecular weight is 647 g/mol. The zero-order valence-electron chi connectivity index (χ0n) is 26.3. The summed E-state index contributed by atoms with van der Waals surface area (Å²) in [5.74, 6) is -1.13. The van der Waals surface area contributed by atoms with Gasteiger partial charge in [0.1, 0.15) is 36.6 Å². The van der Waals surface area contributed by atoms with E-state index >= 15 is 0 Å². The van der Waals surface area contributed by atoms with Gasteiger partial charge in [0.15, 0.2) is 0 Å². The number of benzene rings is 2. The molecule has 0 radical (unpaired) electrons. The molecule has 1 aliphatic carbocycles. The SMILES string of the molecule is CC(=O)CCC(=O)O[C@H]1C[C@H](n2ccc(NC(=O)CCCN(C)C(=O)OCC3c4ccccc4-c4ccccc43)nc2=O)O[C@@H]1CO. The van der Waals surface area contributed by atoms with Gasteiger partial charge in [0.05, 0.1) is 13.0 Å². The Hall–Kier alpha value is -4.88. The van der Waals surface area contributed by atoms with Crippen molar-refractivity contribution in [1.29, 1.82) is 0 Å². The smallest absolute Gasteiger partial charge is 0.409 e. The summed E-state index contributed by atoms with van der Waals surface area (Å²) >= 11 is 0. The third-order valence-corrected chi connectivity index (χ3v) is 8.28. The molecule has 2 N–H and O–H groups in total. The molecule has 0 saturated carbocycles. The van der Waals surface area contributed by atoms with Crippen LogP contribution in [0, 0.1) is 0 Å². The third kappa shape index (κ3) is 8.10. The molecule has 47 heavy (non-hydrogen) atoms. The summed E-state index contributed by atoms with van der Waals surface area (Å²) in [4.78, 5) is 66.6. The van der Waals surface area contributed by atoms with E-state index in [2.05, 4.69) is 34.6 Å². The summed E-state index contributed by atoms with van der Waals surface area (Å²) in [6, 6.07) is 17.6. The highest BCUT2D eigenvalue weighted by Gasteiger charge is 2.39. The number of amides is 2. The molecule has 1 aliphatic heterocycles. The van der Waals surface area contributed by atoms with Crippen LogP contribution in [-0.2, 0) is 28.6 Å². The van der Waals surface area contributed by atoms with Gasteiger partial charge in [-0.2, -0.15) is 4.98 Å². The Labute approximate surface area is 271 Å². The summed E-state index contributed by atoms with van der Waals surface area (Å²) in [5.41, 5.74) is 3.83. The van der Waals surface area contributed by atoms with Gasteiger partial charge in [-0.15, -0.1) is 0 Å². The van der Waals surface area contributed by atoms with Crippen LogP contribution in [0.5, 0.6) is 0 Å². The largest absolute Gasteiger partial charge is 0.459 e. The third-order valence-electron chi connectivity index (χ3n) is 8.28. The lowest BCUT2D eigenvalue weighted by Gasteiger charge is -2.19. The maximum atomic E-state index is 12.7. The maximum absolute atomic E-state index is 12.7. The van der Waals surface area contributed by atoms with E-state index < -0.39 is 42.8 Å². The van der Waals surface area contributed by atoms with Crippen molar-refractivity contribution in [2.45, 2.75) is 63.4 Å². The van der Waals surface area contributed by atoms with Crippen LogP contribution in [0.2, 0.25) is 0 Å². The fraction of sp³-hybridized carbons (Fsp3) is 0.412. The molecular weight excluding hydrogens is 608 g/mol. The molecule has 13 heteroatoms. The summed E-state index contributed by atoms with van der Waals surface area (Å²) in [6.07, 6.45) is -1.10. The van der Waals surface area contributed by atoms with Gasteiger partial charge in [0.2, 0.25) is 5.91 Å². The second-order valence-electron chi connectivity index (χ2n) is 11.7. The Morgan fingerprint density at radius 3 is 2.34 bits per heavy atom. The second-order valence-corrected chi connectivity index (χ2v) is 11.7. The van der Waals surface area contributed by atoms with Gasteiger partial charge in [0, 0.05) is 45.0 Å². The van der Waals surface area contributed by atoms with Gasteiger partial charge in [-0.05, 0) is 41.7 Å². The molecule has 13 nitrogen and oxygen atoms in total. The molecule has 0 unspecified atom stereocenters. The Kier molecular flexibility index (Phi) is 10.8. The number of carbonyl (C=O) groups excluding carboxylic acids is 4. The standard InChI is InChI=1S/C34H38N4O9/c1-21(40)13-14-32(42)47-27-18-31(46-28(27)19-39)38-17-15-29(36-33(38)43)35-30(41)12-7-16-37(2)34(44)45-20-26-24-10-5-3-8-22(24)23-9-4-6-11-25(23)26/h3-6,8-11,15,17,26-28,31,39H,7,12-14,16,18-20H2,1-2H3,(H,35,36,41,43)/t27-,28+,31+/m0/s1. The van der Waals surface area contributed by atoms with Crippen molar-refractivity contribution < 1.29 is 38.5 Å². The molecule has 0 bridgehead atoms. The van der Waals surface area contributed by atoms with Crippen LogP contribution in [0.3, 0.4) is 0 Å². The van der Waals surface area contributed by atoms with E-state index in [9.17, 15) is 29.1 Å². The maximum Gasteiger partial charge on any atom is 0.409 e. The predicted molar refractivity (Wildman–Crippen MR) is 169 cm³/mol. The highest BCUT2D eigenvalue weighted by atomic mass is 16.6. The second kappa shape index (κ2) is 15.1. The monoisotopic (exact) mass is 646 g/mol. The van der Waals surface area contributed by atoms with Crippen LogP contribution in [-0.4, -0.2) is 82.3 Å². The van der Waals surface area contributed by atoms with E-state index in [-0.39, 0.29) is 62.3 Å². The number of hydrogen-bond donors (Lipinski definition) is 2. The highest BCUT2D eigenvalue weighted by Crippen LogP contribution is 2.44. The number of ketones is 1. The molecule has 1 fully saturated rings. The number of aliphatic hydroxyl groups is 1. The Bertz CT molecular complexity index is 1640. The molecule has 0 spiro atoms. The lowest BCUT2D eigenvalue weighted by atomic mass is 9.98. The number of carbonyl (C=O) groups is 4. The first-order chi connectivity index (χ1) is 22.6. The number of anilines is 1. The van der Waals surface area contributed by atoms with Crippen LogP contribution in [0.1, 0.15) is 62.3 Å². The Balaban J connectivity index is 1.06. The minimum absolute atomic E-state index is 0.0463. The summed E-state index contributed by atoms with van der Waals surface area (Å²) < 4.78 is 17.9. The first-order valence-electron chi connectivity index (χ1n) is 15.5. The topological polar surface area (TPSA) is 166 Å². The van der Waals surface area contributed by atoms with Gasteiger partial charge in [0.25, 0.3) is 0 Å². The molecule has 2 heterocycles. The van der Waals surface area contributed by atoms with Gasteiger partial charge in [-0.1, -0.05) is 48.5 Å². The number of ether oxygens (including phenoxy) is 3.